The number of hydrogen-bond acceptors (Lipinski definition) is 3. The molecule has 4 nitrogen and oxygen atoms in total. The summed E-state index contributed by atoms with van der Waals surface area (Å²) in [6.07, 6.45) is 3.84. The number of aryl methyl sites for hydroxylation is 1. The van der Waals surface area contributed by atoms with Crippen LogP contribution in [-0.4, -0.2) is 9.55 Å². The summed E-state index contributed by atoms with van der Waals surface area (Å²) < 4.78 is 1.70. The predicted octanol–water partition coefficient (Wildman–Crippen LogP) is 1.84. The van der Waals surface area contributed by atoms with Gasteiger partial charge in [-0.05, 0) is 18.9 Å². The molecular weight excluding hydrogens is 226 g/mol. The smallest absolute Gasteiger partial charge is 0.259 e. The van der Waals surface area contributed by atoms with Crippen molar-refractivity contribution in [2.24, 2.45) is 5.92 Å². The molecule has 0 amide bonds. The molecule has 2 rings (SSSR count). The van der Waals surface area contributed by atoms with Gasteiger partial charge in [-0.2, -0.15) is 0 Å². The van der Waals surface area contributed by atoms with E-state index in [-0.39, 0.29) is 5.56 Å². The normalized spacial score (nSPS) is 12.9. The van der Waals surface area contributed by atoms with E-state index in [4.69, 9.17) is 0 Å². The van der Waals surface area contributed by atoms with E-state index in [9.17, 15) is 4.79 Å². The Hall–Kier alpha value is -1.84. The minimum Gasteiger partial charge on any atom is -0.384 e. The minimum atomic E-state index is 0.0477. The van der Waals surface area contributed by atoms with Gasteiger partial charge in [-0.15, -0.1) is 0 Å². The highest BCUT2D eigenvalue weighted by Gasteiger charge is 2.14. The van der Waals surface area contributed by atoms with E-state index in [0.717, 1.165) is 22.8 Å². The first-order chi connectivity index (χ1) is 8.50. The molecule has 0 aromatic carbocycles. The van der Waals surface area contributed by atoms with Crippen LogP contribution in [0.15, 0.2) is 23.1 Å². The molecule has 1 aromatic heterocycles. The SMILES string of the molecule is C=C(NCc1c(C)nc2n(c1=O)CC=C2)C(C)C. The van der Waals surface area contributed by atoms with Crippen LogP contribution in [0.3, 0.4) is 0 Å². The lowest BCUT2D eigenvalue weighted by atomic mass is 10.1. The molecule has 0 unspecified atom stereocenters. The lowest BCUT2D eigenvalue weighted by Crippen LogP contribution is -2.30. The molecule has 0 saturated heterocycles. The van der Waals surface area contributed by atoms with E-state index in [2.05, 4.69) is 30.7 Å². The molecule has 96 valence electrons. The van der Waals surface area contributed by atoms with Gasteiger partial charge < -0.3 is 5.32 Å². The molecule has 0 bridgehead atoms. The topological polar surface area (TPSA) is 46.9 Å². The van der Waals surface area contributed by atoms with Crippen LogP contribution in [0, 0.1) is 12.8 Å². The van der Waals surface area contributed by atoms with Crippen LogP contribution in [0.25, 0.3) is 6.08 Å². The third-order valence-electron chi connectivity index (χ3n) is 3.24. The van der Waals surface area contributed by atoms with Gasteiger partial charge in [-0.25, -0.2) is 4.98 Å². The first-order valence-electron chi connectivity index (χ1n) is 6.20. The number of nitrogens with zero attached hydrogens (tertiary/aromatic N) is 2. The van der Waals surface area contributed by atoms with E-state index in [1.165, 1.54) is 0 Å². The Bertz CT molecular complexity index is 567. The summed E-state index contributed by atoms with van der Waals surface area (Å²) in [5.41, 5.74) is 2.51. The lowest BCUT2D eigenvalue weighted by molar-refractivity contribution is 0.640. The third kappa shape index (κ3) is 2.23. The Morgan fingerprint density at radius 1 is 1.61 bits per heavy atom. The Morgan fingerprint density at radius 2 is 2.33 bits per heavy atom. The molecule has 1 aliphatic heterocycles. The summed E-state index contributed by atoms with van der Waals surface area (Å²) in [4.78, 5) is 16.7. The summed E-state index contributed by atoms with van der Waals surface area (Å²) in [5.74, 6) is 1.11. The Morgan fingerprint density at radius 3 is 3.00 bits per heavy atom. The van der Waals surface area contributed by atoms with E-state index >= 15 is 0 Å². The fourth-order valence-electron chi connectivity index (χ4n) is 1.90. The number of rotatable bonds is 4. The molecule has 0 saturated carbocycles. The molecule has 2 heterocycles. The molecule has 1 aliphatic rings. The van der Waals surface area contributed by atoms with Crippen LogP contribution in [0.5, 0.6) is 0 Å². The Kier molecular flexibility index (Phi) is 3.36. The highest BCUT2D eigenvalue weighted by atomic mass is 16.1. The van der Waals surface area contributed by atoms with Crippen LogP contribution >= 0.6 is 0 Å². The van der Waals surface area contributed by atoms with E-state index in [1.807, 2.05) is 19.1 Å². The van der Waals surface area contributed by atoms with E-state index in [0.29, 0.717) is 19.0 Å². The number of hydrogen-bond donors (Lipinski definition) is 1. The van der Waals surface area contributed by atoms with Gasteiger partial charge in [0.05, 0.1) is 11.3 Å². The van der Waals surface area contributed by atoms with Crippen molar-refractivity contribution in [3.8, 4) is 0 Å². The van der Waals surface area contributed by atoms with Gasteiger partial charge in [0, 0.05) is 18.8 Å². The second-order valence-electron chi connectivity index (χ2n) is 4.89. The van der Waals surface area contributed by atoms with Crippen molar-refractivity contribution in [3.05, 3.63) is 45.8 Å². The first-order valence-corrected chi connectivity index (χ1v) is 6.20. The molecule has 0 spiro atoms. The lowest BCUT2D eigenvalue weighted by Gasteiger charge is -2.14. The number of aromatic nitrogens is 2. The average Bonchev–Trinajstić information content (AvgIpc) is 2.76. The fraction of sp³-hybridized carbons (Fsp3) is 0.429. The molecule has 1 aromatic rings. The zero-order chi connectivity index (χ0) is 13.3. The Labute approximate surface area is 107 Å². The van der Waals surface area contributed by atoms with Crippen LogP contribution in [-0.2, 0) is 13.1 Å². The summed E-state index contributed by atoms with van der Waals surface area (Å²) in [7, 11) is 0. The molecule has 1 N–H and O–H groups in total. The summed E-state index contributed by atoms with van der Waals surface area (Å²) in [6.45, 7) is 11.1. The van der Waals surface area contributed by atoms with Crippen molar-refractivity contribution in [2.75, 3.05) is 0 Å². The standard InChI is InChI=1S/C14H19N3O/c1-9(2)10(3)15-8-12-11(4)16-13-6-5-7-17(13)14(12)18/h5-6,9,15H,3,7-8H2,1-2,4H3. The van der Waals surface area contributed by atoms with Crippen LogP contribution in [0.4, 0.5) is 0 Å². The molecular formula is C14H19N3O. The average molecular weight is 245 g/mol. The van der Waals surface area contributed by atoms with Crippen molar-refractivity contribution < 1.29 is 0 Å². The van der Waals surface area contributed by atoms with Gasteiger partial charge in [0.15, 0.2) is 0 Å². The maximum absolute atomic E-state index is 12.3. The van der Waals surface area contributed by atoms with Gasteiger partial charge in [0.1, 0.15) is 5.82 Å². The zero-order valence-corrected chi connectivity index (χ0v) is 11.2. The largest absolute Gasteiger partial charge is 0.384 e. The van der Waals surface area contributed by atoms with Gasteiger partial charge >= 0.3 is 0 Å². The molecule has 0 aliphatic carbocycles. The molecule has 4 heteroatoms. The van der Waals surface area contributed by atoms with Gasteiger partial charge in [-0.1, -0.05) is 26.5 Å². The van der Waals surface area contributed by atoms with Crippen molar-refractivity contribution in [1.29, 1.82) is 0 Å². The molecule has 0 fully saturated rings. The second-order valence-corrected chi connectivity index (χ2v) is 4.89. The summed E-state index contributed by atoms with van der Waals surface area (Å²) >= 11 is 0. The summed E-state index contributed by atoms with van der Waals surface area (Å²) in [5, 5.41) is 3.20. The van der Waals surface area contributed by atoms with Crippen LogP contribution in [0.2, 0.25) is 0 Å². The molecule has 0 atom stereocenters. The predicted molar refractivity (Wildman–Crippen MR) is 73.1 cm³/mol. The van der Waals surface area contributed by atoms with Crippen molar-refractivity contribution in [1.82, 2.24) is 14.9 Å². The minimum absolute atomic E-state index is 0.0477. The first kappa shape index (κ1) is 12.6. The quantitative estimate of drug-likeness (QED) is 0.880. The van der Waals surface area contributed by atoms with Gasteiger partial charge in [-0.3, -0.25) is 9.36 Å². The highest BCUT2D eigenvalue weighted by Crippen LogP contribution is 2.10. The fourth-order valence-corrected chi connectivity index (χ4v) is 1.90. The van der Waals surface area contributed by atoms with E-state index < -0.39 is 0 Å². The van der Waals surface area contributed by atoms with Crippen LogP contribution < -0.4 is 10.9 Å². The maximum Gasteiger partial charge on any atom is 0.259 e. The van der Waals surface area contributed by atoms with Crippen LogP contribution in [0.1, 0.15) is 30.9 Å². The number of nitrogens with one attached hydrogen (secondary N) is 1. The van der Waals surface area contributed by atoms with Gasteiger partial charge in [0.2, 0.25) is 0 Å². The number of fused-ring (bicyclic) bond motifs is 1. The highest BCUT2D eigenvalue weighted by molar-refractivity contribution is 5.45. The van der Waals surface area contributed by atoms with Gasteiger partial charge in [0.25, 0.3) is 5.56 Å². The van der Waals surface area contributed by atoms with Crippen molar-refractivity contribution >= 4 is 6.08 Å². The monoisotopic (exact) mass is 245 g/mol. The van der Waals surface area contributed by atoms with Crippen molar-refractivity contribution in [3.63, 3.8) is 0 Å². The second kappa shape index (κ2) is 4.80. The zero-order valence-electron chi connectivity index (χ0n) is 11.2. The maximum atomic E-state index is 12.3. The third-order valence-corrected chi connectivity index (χ3v) is 3.24. The molecule has 0 radical (unpaired) electrons. The van der Waals surface area contributed by atoms with E-state index in [1.54, 1.807) is 4.57 Å². The molecule has 18 heavy (non-hydrogen) atoms. The Balaban J connectivity index is 2.25. The summed E-state index contributed by atoms with van der Waals surface area (Å²) in [6, 6.07) is 0. The van der Waals surface area contributed by atoms with Crippen molar-refractivity contribution in [2.45, 2.75) is 33.9 Å². The number of allylic oxidation sites excluding steroid dienone is 2.